The number of aromatic carboxylic acids is 1. The van der Waals surface area contributed by atoms with Gasteiger partial charge in [0.1, 0.15) is 6.10 Å². The summed E-state index contributed by atoms with van der Waals surface area (Å²) in [7, 11) is 0. The first-order valence-electron chi connectivity index (χ1n) is 22.6. The average molecular weight is 788 g/mol. The summed E-state index contributed by atoms with van der Waals surface area (Å²) in [4.78, 5) is 50.6. The van der Waals surface area contributed by atoms with Gasteiger partial charge < -0.3 is 20.3 Å². The maximum Gasteiger partial charge on any atom is 0.339 e. The van der Waals surface area contributed by atoms with Crippen LogP contribution in [0, 0.1) is 50.2 Å². The van der Waals surface area contributed by atoms with Crippen LogP contribution in [0.4, 0.5) is 0 Å². The highest BCUT2D eigenvalue weighted by molar-refractivity contribution is 6.02. The van der Waals surface area contributed by atoms with Crippen LogP contribution in [0.1, 0.15) is 191 Å². The molecule has 316 valence electrons. The lowest BCUT2D eigenvalue weighted by atomic mass is 9.33. The maximum absolute atomic E-state index is 14.5. The predicted octanol–water partition coefficient (Wildman–Crippen LogP) is 11.4. The van der Waals surface area contributed by atoms with Crippen molar-refractivity contribution >= 4 is 23.8 Å². The van der Waals surface area contributed by atoms with Crippen molar-refractivity contribution in [3.8, 4) is 0 Å². The fourth-order valence-corrected chi connectivity index (χ4v) is 13.7. The molecule has 8 atom stereocenters. The Kier molecular flexibility index (Phi) is 12.5. The minimum atomic E-state index is -1.12. The summed E-state index contributed by atoms with van der Waals surface area (Å²) < 4.78 is 6.26. The van der Waals surface area contributed by atoms with E-state index in [0.29, 0.717) is 11.8 Å². The summed E-state index contributed by atoms with van der Waals surface area (Å²) in [5.41, 5.74) is 1.39. The molecule has 3 unspecified atom stereocenters. The summed E-state index contributed by atoms with van der Waals surface area (Å²) >= 11 is 0. The Morgan fingerprint density at radius 2 is 1.37 bits per heavy atom. The second-order valence-corrected chi connectivity index (χ2v) is 21.2. The lowest BCUT2D eigenvalue weighted by Gasteiger charge is -2.71. The van der Waals surface area contributed by atoms with Crippen molar-refractivity contribution in [2.45, 2.75) is 177 Å². The van der Waals surface area contributed by atoms with E-state index in [1.54, 1.807) is 23.8 Å². The smallest absolute Gasteiger partial charge is 0.339 e. The van der Waals surface area contributed by atoms with Crippen molar-refractivity contribution < 1.29 is 34.1 Å². The number of allylic oxidation sites excluding steroid dienone is 2. The molecule has 57 heavy (non-hydrogen) atoms. The molecular formula is C49H73NO7. The van der Waals surface area contributed by atoms with E-state index in [1.807, 2.05) is 0 Å². The number of hydrogen-bond donors (Lipinski definition) is 3. The van der Waals surface area contributed by atoms with E-state index < -0.39 is 17.9 Å². The standard InChI is InChI=1S/C49H73NO7/c1-44(2)27-29-49(43(56)50-31-17-13-11-9-8-10-12-14-20-40(51)52)30-28-47(6)35(36(49)32-44)21-22-38-46(5)25-24-39(45(3,4)37(46)23-26-48(38,47)7)57-42(55)34-19-16-15-18-33(34)41(53)54/h15-16,18-19,21,36-39H,8-14,17,20,22-32H2,1-7H3,(H,50,56)(H,51,52)(H,53,54)/t36?,37?,38?,39-,46-,47+,48+,49-/m0/s1. The van der Waals surface area contributed by atoms with E-state index in [4.69, 9.17) is 9.84 Å². The third-order valence-corrected chi connectivity index (χ3v) is 17.3. The van der Waals surface area contributed by atoms with Gasteiger partial charge in [-0.1, -0.05) is 111 Å². The van der Waals surface area contributed by atoms with Crippen molar-refractivity contribution in [3.05, 3.63) is 47.0 Å². The molecule has 0 saturated heterocycles. The van der Waals surface area contributed by atoms with Crippen LogP contribution in [0.15, 0.2) is 35.9 Å². The molecular weight excluding hydrogens is 715 g/mol. The molecule has 0 heterocycles. The number of esters is 1. The Hall–Kier alpha value is -3.16. The number of benzene rings is 1. The minimum absolute atomic E-state index is 0.00733. The van der Waals surface area contributed by atoms with Gasteiger partial charge >= 0.3 is 17.9 Å². The van der Waals surface area contributed by atoms with Gasteiger partial charge in [-0.3, -0.25) is 9.59 Å². The van der Waals surface area contributed by atoms with E-state index in [0.717, 1.165) is 116 Å². The van der Waals surface area contributed by atoms with Gasteiger partial charge in [-0.05, 0) is 129 Å². The van der Waals surface area contributed by atoms with Crippen molar-refractivity contribution in [3.63, 3.8) is 0 Å². The van der Waals surface area contributed by atoms with Gasteiger partial charge in [-0.15, -0.1) is 0 Å². The molecule has 4 saturated carbocycles. The first-order chi connectivity index (χ1) is 26.8. The Bertz CT molecular complexity index is 1710. The highest BCUT2D eigenvalue weighted by Gasteiger charge is 2.69. The van der Waals surface area contributed by atoms with Crippen LogP contribution in [-0.2, 0) is 14.3 Å². The number of carboxylic acid groups (broad SMARTS) is 2. The number of fused-ring (bicyclic) bond motifs is 7. The first kappa shape index (κ1) is 43.4. The van der Waals surface area contributed by atoms with Gasteiger partial charge in [0.2, 0.25) is 5.91 Å². The monoisotopic (exact) mass is 788 g/mol. The summed E-state index contributed by atoms with van der Waals surface area (Å²) in [5, 5.41) is 22.0. The maximum atomic E-state index is 14.5. The molecule has 0 aromatic heterocycles. The number of carboxylic acids is 2. The highest BCUT2D eigenvalue weighted by Crippen LogP contribution is 2.76. The van der Waals surface area contributed by atoms with Crippen LogP contribution in [0.2, 0.25) is 0 Å². The molecule has 1 aromatic rings. The summed E-state index contributed by atoms with van der Waals surface area (Å²) in [6.07, 6.45) is 21.0. The molecule has 1 aromatic carbocycles. The van der Waals surface area contributed by atoms with Crippen LogP contribution in [0.3, 0.4) is 0 Å². The lowest BCUT2D eigenvalue weighted by molar-refractivity contribution is -0.204. The number of aliphatic carboxylic acids is 1. The zero-order valence-electron chi connectivity index (χ0n) is 36.3. The molecule has 8 nitrogen and oxygen atoms in total. The summed E-state index contributed by atoms with van der Waals surface area (Å²) in [6.45, 7) is 17.8. The van der Waals surface area contributed by atoms with E-state index in [9.17, 15) is 24.3 Å². The minimum Gasteiger partial charge on any atom is -0.481 e. The van der Waals surface area contributed by atoms with Gasteiger partial charge in [0.05, 0.1) is 16.5 Å². The third kappa shape index (κ3) is 7.98. The quantitative estimate of drug-likeness (QED) is 0.0916. The fourth-order valence-electron chi connectivity index (χ4n) is 13.7. The van der Waals surface area contributed by atoms with Gasteiger partial charge in [0.15, 0.2) is 0 Å². The number of amides is 1. The Balaban J connectivity index is 1.14. The van der Waals surface area contributed by atoms with Crippen LogP contribution in [0.25, 0.3) is 0 Å². The lowest BCUT2D eigenvalue weighted by Crippen LogP contribution is -2.65. The number of carbonyl (C=O) groups excluding carboxylic acids is 2. The van der Waals surface area contributed by atoms with E-state index in [2.05, 4.69) is 59.9 Å². The van der Waals surface area contributed by atoms with Gasteiger partial charge in [0.25, 0.3) is 0 Å². The van der Waals surface area contributed by atoms with E-state index in [1.165, 1.54) is 12.5 Å². The second kappa shape index (κ2) is 16.5. The molecule has 1 amide bonds. The Morgan fingerprint density at radius 1 is 0.737 bits per heavy atom. The molecule has 4 fully saturated rings. The predicted molar refractivity (Wildman–Crippen MR) is 224 cm³/mol. The molecule has 0 radical (unpaired) electrons. The molecule has 6 rings (SSSR count). The van der Waals surface area contributed by atoms with Crippen LogP contribution in [0.5, 0.6) is 0 Å². The third-order valence-electron chi connectivity index (χ3n) is 17.3. The average Bonchev–Trinajstić information content (AvgIpc) is 3.14. The number of unbranched alkanes of at least 4 members (excludes halogenated alkanes) is 7. The second-order valence-electron chi connectivity index (χ2n) is 21.2. The van der Waals surface area contributed by atoms with Crippen molar-refractivity contribution in [1.82, 2.24) is 5.32 Å². The SMILES string of the molecule is CC1(C)CC[C@]2(C(=O)NCCCCCCCCCCC(=O)O)CC[C@]3(C)C(=CCC4[C@@]5(C)CC[C@H](OC(=O)c6ccccc6C(=O)O)C(C)(C)C5CC[C@]43C)C2C1. The molecule has 0 bridgehead atoms. The fraction of sp³-hybridized carbons (Fsp3) is 0.755. The van der Waals surface area contributed by atoms with Crippen LogP contribution in [-0.4, -0.2) is 46.7 Å². The van der Waals surface area contributed by atoms with E-state index >= 15 is 0 Å². The van der Waals surface area contributed by atoms with Gasteiger partial charge in [-0.25, -0.2) is 9.59 Å². The van der Waals surface area contributed by atoms with Crippen LogP contribution < -0.4 is 5.32 Å². The molecule has 3 N–H and O–H groups in total. The molecule has 5 aliphatic rings. The molecule has 0 aliphatic heterocycles. The van der Waals surface area contributed by atoms with Crippen molar-refractivity contribution in [1.29, 1.82) is 0 Å². The van der Waals surface area contributed by atoms with Crippen LogP contribution >= 0.6 is 0 Å². The summed E-state index contributed by atoms with van der Waals surface area (Å²) in [5.74, 6) is -1.00. The van der Waals surface area contributed by atoms with Gasteiger partial charge in [0, 0.05) is 18.4 Å². The van der Waals surface area contributed by atoms with Crippen molar-refractivity contribution in [2.75, 3.05) is 6.54 Å². The molecule has 5 aliphatic carbocycles. The number of carbonyl (C=O) groups is 4. The summed E-state index contributed by atoms with van der Waals surface area (Å²) in [6, 6.07) is 6.35. The van der Waals surface area contributed by atoms with E-state index in [-0.39, 0.29) is 68.0 Å². The van der Waals surface area contributed by atoms with Gasteiger partial charge in [-0.2, -0.15) is 0 Å². The largest absolute Gasteiger partial charge is 0.481 e. The molecule has 0 spiro atoms. The Labute approximate surface area is 342 Å². The normalized spacial score (nSPS) is 35.0. The Morgan fingerprint density at radius 3 is 2.04 bits per heavy atom. The number of hydrogen-bond acceptors (Lipinski definition) is 5. The van der Waals surface area contributed by atoms with Crippen molar-refractivity contribution in [2.24, 2.45) is 50.2 Å². The molecule has 8 heteroatoms. The number of ether oxygens (including phenoxy) is 1. The zero-order chi connectivity index (χ0) is 41.4. The number of rotatable bonds is 15. The zero-order valence-corrected chi connectivity index (χ0v) is 36.3. The first-order valence-corrected chi connectivity index (χ1v) is 22.6. The number of nitrogens with one attached hydrogen (secondary N) is 1. The highest BCUT2D eigenvalue weighted by atomic mass is 16.5. The topological polar surface area (TPSA) is 130 Å².